The molecule has 2 aliphatic rings. The molecule has 1 unspecified atom stereocenters. The average Bonchev–Trinajstić information content (AvgIpc) is 2.83. The number of hydrogen-bond acceptors (Lipinski definition) is 3. The second-order valence-corrected chi connectivity index (χ2v) is 4.07. The summed E-state index contributed by atoms with van der Waals surface area (Å²) in [6, 6.07) is 5.08. The molecule has 1 aromatic rings. The van der Waals surface area contributed by atoms with Crippen LogP contribution in [0.3, 0.4) is 0 Å². The van der Waals surface area contributed by atoms with E-state index in [1.165, 1.54) is 6.07 Å². The summed E-state index contributed by atoms with van der Waals surface area (Å²) in [6.07, 6.45) is 1.60. The maximum absolute atomic E-state index is 13.5. The summed E-state index contributed by atoms with van der Waals surface area (Å²) in [6.45, 7) is 1.65. The number of ether oxygens (including phenoxy) is 1. The van der Waals surface area contributed by atoms with Crippen LogP contribution >= 0.6 is 0 Å². The number of para-hydroxylation sites is 1. The lowest BCUT2D eigenvalue weighted by molar-refractivity contribution is 0.221. The standard InChI is InChI=1S/C12H13FN2O/c13-9-3-1-2-8-4-5-10(16-11(8)9)12-14-6-7-15-12/h1-3,10H,4-7H2,(H,14,15). The molecule has 0 aromatic heterocycles. The summed E-state index contributed by atoms with van der Waals surface area (Å²) in [7, 11) is 0. The average molecular weight is 220 g/mol. The molecule has 1 N–H and O–H groups in total. The predicted molar refractivity (Wildman–Crippen MR) is 59.4 cm³/mol. The highest BCUT2D eigenvalue weighted by Gasteiger charge is 2.27. The SMILES string of the molecule is Fc1cccc2c1OC(C1=NCCN1)CC2. The lowest BCUT2D eigenvalue weighted by atomic mass is 10.0. The van der Waals surface area contributed by atoms with Crippen LogP contribution < -0.4 is 10.1 Å². The lowest BCUT2D eigenvalue weighted by Gasteiger charge is -2.26. The van der Waals surface area contributed by atoms with Gasteiger partial charge < -0.3 is 10.1 Å². The first kappa shape index (κ1) is 9.63. The second-order valence-electron chi connectivity index (χ2n) is 4.07. The second kappa shape index (κ2) is 3.77. The Labute approximate surface area is 93.3 Å². The van der Waals surface area contributed by atoms with Crippen LogP contribution in [-0.4, -0.2) is 25.0 Å². The molecule has 0 saturated heterocycles. The molecule has 2 heterocycles. The van der Waals surface area contributed by atoms with E-state index in [0.717, 1.165) is 37.3 Å². The van der Waals surface area contributed by atoms with Gasteiger partial charge in [-0.05, 0) is 24.5 Å². The fraction of sp³-hybridized carbons (Fsp3) is 0.417. The molecule has 0 saturated carbocycles. The Hall–Kier alpha value is -1.58. The number of benzene rings is 1. The first-order valence-electron chi connectivity index (χ1n) is 5.57. The Morgan fingerprint density at radius 1 is 1.44 bits per heavy atom. The number of nitrogens with one attached hydrogen (secondary N) is 1. The van der Waals surface area contributed by atoms with Gasteiger partial charge in [-0.25, -0.2) is 4.39 Å². The van der Waals surface area contributed by atoms with Crippen LogP contribution in [0.25, 0.3) is 0 Å². The summed E-state index contributed by atoms with van der Waals surface area (Å²) in [5.41, 5.74) is 0.954. The zero-order chi connectivity index (χ0) is 11.0. The molecular formula is C12H13FN2O. The minimum absolute atomic E-state index is 0.105. The molecule has 0 radical (unpaired) electrons. The molecule has 84 valence electrons. The van der Waals surface area contributed by atoms with Crippen molar-refractivity contribution in [2.24, 2.45) is 4.99 Å². The maximum atomic E-state index is 13.5. The predicted octanol–water partition coefficient (Wildman–Crippen LogP) is 1.52. The Kier molecular flexibility index (Phi) is 2.27. The van der Waals surface area contributed by atoms with Crippen molar-refractivity contribution in [2.75, 3.05) is 13.1 Å². The van der Waals surface area contributed by atoms with E-state index in [-0.39, 0.29) is 11.9 Å². The molecule has 0 fully saturated rings. The first-order valence-corrected chi connectivity index (χ1v) is 5.57. The zero-order valence-electron chi connectivity index (χ0n) is 8.87. The number of rotatable bonds is 1. The summed E-state index contributed by atoms with van der Waals surface area (Å²) in [5, 5.41) is 3.18. The van der Waals surface area contributed by atoms with Crippen molar-refractivity contribution in [3.63, 3.8) is 0 Å². The van der Waals surface area contributed by atoms with Gasteiger partial charge in [0.15, 0.2) is 17.7 Å². The van der Waals surface area contributed by atoms with Gasteiger partial charge in [-0.2, -0.15) is 0 Å². The van der Waals surface area contributed by atoms with Crippen molar-refractivity contribution in [3.05, 3.63) is 29.6 Å². The monoisotopic (exact) mass is 220 g/mol. The smallest absolute Gasteiger partial charge is 0.165 e. The van der Waals surface area contributed by atoms with E-state index in [0.29, 0.717) is 5.75 Å². The van der Waals surface area contributed by atoms with Crippen molar-refractivity contribution in [1.82, 2.24) is 5.32 Å². The van der Waals surface area contributed by atoms with Crippen molar-refractivity contribution >= 4 is 5.84 Å². The molecular weight excluding hydrogens is 207 g/mol. The van der Waals surface area contributed by atoms with Crippen LogP contribution in [0.1, 0.15) is 12.0 Å². The van der Waals surface area contributed by atoms with E-state index < -0.39 is 0 Å². The van der Waals surface area contributed by atoms with Crippen LogP contribution in [-0.2, 0) is 6.42 Å². The summed E-state index contributed by atoms with van der Waals surface area (Å²) in [4.78, 5) is 4.32. The minimum atomic E-state index is -0.277. The Bertz CT molecular complexity index is 445. The maximum Gasteiger partial charge on any atom is 0.165 e. The van der Waals surface area contributed by atoms with E-state index in [4.69, 9.17) is 4.74 Å². The van der Waals surface area contributed by atoms with Crippen LogP contribution in [0.2, 0.25) is 0 Å². The van der Waals surface area contributed by atoms with Gasteiger partial charge in [0.25, 0.3) is 0 Å². The van der Waals surface area contributed by atoms with Crippen molar-refractivity contribution < 1.29 is 9.13 Å². The highest BCUT2D eigenvalue weighted by atomic mass is 19.1. The summed E-state index contributed by atoms with van der Waals surface area (Å²) < 4.78 is 19.2. The number of nitrogens with zero attached hydrogens (tertiary/aromatic N) is 1. The minimum Gasteiger partial charge on any atom is -0.479 e. The zero-order valence-corrected chi connectivity index (χ0v) is 8.87. The number of aryl methyl sites for hydroxylation is 1. The van der Waals surface area contributed by atoms with Gasteiger partial charge in [-0.15, -0.1) is 0 Å². The van der Waals surface area contributed by atoms with Crippen LogP contribution in [0.15, 0.2) is 23.2 Å². The molecule has 3 nitrogen and oxygen atoms in total. The fourth-order valence-corrected chi connectivity index (χ4v) is 2.19. The van der Waals surface area contributed by atoms with Gasteiger partial charge in [0.05, 0.1) is 6.54 Å². The van der Waals surface area contributed by atoms with Gasteiger partial charge in [0, 0.05) is 6.54 Å². The molecule has 2 aliphatic heterocycles. The molecule has 4 heteroatoms. The van der Waals surface area contributed by atoms with Crippen LogP contribution in [0.5, 0.6) is 5.75 Å². The molecule has 1 atom stereocenters. The highest BCUT2D eigenvalue weighted by molar-refractivity contribution is 5.88. The highest BCUT2D eigenvalue weighted by Crippen LogP contribution is 2.30. The lowest BCUT2D eigenvalue weighted by Crippen LogP contribution is -2.38. The quantitative estimate of drug-likeness (QED) is 0.778. The number of amidine groups is 1. The van der Waals surface area contributed by atoms with Crippen molar-refractivity contribution in [3.8, 4) is 5.75 Å². The number of fused-ring (bicyclic) bond motifs is 1. The van der Waals surface area contributed by atoms with Crippen molar-refractivity contribution in [2.45, 2.75) is 18.9 Å². The largest absolute Gasteiger partial charge is 0.479 e. The number of hydrogen-bond donors (Lipinski definition) is 1. The Balaban J connectivity index is 1.88. The molecule has 3 rings (SSSR count). The van der Waals surface area contributed by atoms with Crippen LogP contribution in [0.4, 0.5) is 4.39 Å². The Morgan fingerprint density at radius 2 is 2.38 bits per heavy atom. The summed E-state index contributed by atoms with van der Waals surface area (Å²) >= 11 is 0. The fourth-order valence-electron chi connectivity index (χ4n) is 2.19. The van der Waals surface area contributed by atoms with Gasteiger partial charge >= 0.3 is 0 Å². The van der Waals surface area contributed by atoms with E-state index in [2.05, 4.69) is 10.3 Å². The third-order valence-electron chi connectivity index (χ3n) is 2.99. The molecule has 0 spiro atoms. The van der Waals surface area contributed by atoms with Crippen LogP contribution in [0, 0.1) is 5.82 Å². The van der Waals surface area contributed by atoms with E-state index in [1.807, 2.05) is 6.07 Å². The third-order valence-corrected chi connectivity index (χ3v) is 2.99. The van der Waals surface area contributed by atoms with E-state index in [1.54, 1.807) is 6.07 Å². The topological polar surface area (TPSA) is 33.6 Å². The third kappa shape index (κ3) is 1.54. The van der Waals surface area contributed by atoms with Gasteiger partial charge in [0.1, 0.15) is 5.84 Å². The van der Waals surface area contributed by atoms with Gasteiger partial charge in [0.2, 0.25) is 0 Å². The number of aliphatic imine (C=N–C) groups is 1. The first-order chi connectivity index (χ1) is 7.84. The normalized spacial score (nSPS) is 23.1. The van der Waals surface area contributed by atoms with Gasteiger partial charge in [-0.3, -0.25) is 4.99 Å². The summed E-state index contributed by atoms with van der Waals surface area (Å²) in [5.74, 6) is 0.991. The number of halogens is 1. The molecule has 16 heavy (non-hydrogen) atoms. The van der Waals surface area contributed by atoms with E-state index >= 15 is 0 Å². The van der Waals surface area contributed by atoms with Crippen molar-refractivity contribution in [1.29, 1.82) is 0 Å². The molecule has 1 aromatic carbocycles. The molecule has 0 amide bonds. The molecule has 0 bridgehead atoms. The Morgan fingerprint density at radius 3 is 3.19 bits per heavy atom. The van der Waals surface area contributed by atoms with E-state index in [9.17, 15) is 4.39 Å². The molecule has 0 aliphatic carbocycles. The van der Waals surface area contributed by atoms with Gasteiger partial charge in [-0.1, -0.05) is 12.1 Å².